The van der Waals surface area contributed by atoms with Crippen LogP contribution in [0, 0.1) is 10.1 Å². The van der Waals surface area contributed by atoms with E-state index in [4.69, 9.17) is 5.73 Å². The summed E-state index contributed by atoms with van der Waals surface area (Å²) in [5.41, 5.74) is 4.93. The zero-order valence-electron chi connectivity index (χ0n) is 7.32. The van der Waals surface area contributed by atoms with E-state index in [-0.39, 0.29) is 0 Å². The Morgan fingerprint density at radius 1 is 1.53 bits per heavy atom. The van der Waals surface area contributed by atoms with E-state index < -0.39 is 35.2 Å². The first-order valence-corrected chi connectivity index (χ1v) is 3.87. The molecule has 1 atom stereocenters. The van der Waals surface area contributed by atoms with E-state index >= 15 is 0 Å². The first-order valence-electron chi connectivity index (χ1n) is 3.87. The third kappa shape index (κ3) is 2.46. The Balaban J connectivity index is 2.98. The molecule has 0 saturated heterocycles. The fourth-order valence-corrected chi connectivity index (χ4v) is 1.04. The molecule has 5 nitrogen and oxygen atoms in total. The Morgan fingerprint density at radius 3 is 2.47 bits per heavy atom. The van der Waals surface area contributed by atoms with Gasteiger partial charge in [-0.25, -0.2) is 0 Å². The van der Waals surface area contributed by atoms with Crippen molar-refractivity contribution in [3.05, 3.63) is 28.0 Å². The second-order valence-electron chi connectivity index (χ2n) is 2.76. The SMILES string of the molecule is NCC(c1ccc([N+](=O)[O-])o1)C(F)(F)F. The quantitative estimate of drug-likeness (QED) is 0.626. The van der Waals surface area contributed by atoms with Gasteiger partial charge in [0, 0.05) is 6.54 Å². The maximum absolute atomic E-state index is 12.3. The third-order valence-corrected chi connectivity index (χ3v) is 1.77. The smallest absolute Gasteiger partial charge is 0.405 e. The highest BCUT2D eigenvalue weighted by Crippen LogP contribution is 2.35. The van der Waals surface area contributed by atoms with Crippen molar-refractivity contribution in [1.29, 1.82) is 0 Å². The predicted molar refractivity (Wildman–Crippen MR) is 43.2 cm³/mol. The van der Waals surface area contributed by atoms with Crippen LogP contribution in [-0.4, -0.2) is 17.6 Å². The molecule has 1 aromatic rings. The molecule has 0 radical (unpaired) electrons. The van der Waals surface area contributed by atoms with Crippen LogP contribution in [0.15, 0.2) is 16.5 Å². The summed E-state index contributed by atoms with van der Waals surface area (Å²) in [6.07, 6.45) is -4.57. The number of halogens is 3. The molecular weight excluding hydrogens is 217 g/mol. The normalized spacial score (nSPS) is 13.9. The number of alkyl halides is 3. The van der Waals surface area contributed by atoms with Crippen LogP contribution in [0.2, 0.25) is 0 Å². The standard InChI is InChI=1S/C7H7F3N2O3/c8-7(9,10)4(3-11)5-1-2-6(15-5)12(13)14/h1-2,4H,3,11H2. The van der Waals surface area contributed by atoms with Crippen molar-refractivity contribution < 1.29 is 22.5 Å². The van der Waals surface area contributed by atoms with Crippen LogP contribution in [0.1, 0.15) is 11.7 Å². The summed E-state index contributed by atoms with van der Waals surface area (Å²) in [4.78, 5) is 9.26. The second kappa shape index (κ2) is 3.89. The number of nitro groups is 1. The summed E-state index contributed by atoms with van der Waals surface area (Å²) >= 11 is 0. The molecule has 0 aliphatic heterocycles. The van der Waals surface area contributed by atoms with Crippen LogP contribution in [-0.2, 0) is 0 Å². The van der Waals surface area contributed by atoms with Gasteiger partial charge in [-0.15, -0.1) is 0 Å². The van der Waals surface area contributed by atoms with E-state index in [9.17, 15) is 23.3 Å². The van der Waals surface area contributed by atoms with Crippen molar-refractivity contribution >= 4 is 5.88 Å². The van der Waals surface area contributed by atoms with E-state index in [1.165, 1.54) is 0 Å². The van der Waals surface area contributed by atoms with Gasteiger partial charge in [-0.1, -0.05) is 0 Å². The zero-order valence-corrected chi connectivity index (χ0v) is 7.32. The van der Waals surface area contributed by atoms with Gasteiger partial charge in [-0.2, -0.15) is 13.2 Å². The first-order chi connectivity index (χ1) is 6.86. The van der Waals surface area contributed by atoms with Crippen LogP contribution in [0.25, 0.3) is 0 Å². The number of nitrogens with zero attached hydrogens (tertiary/aromatic N) is 1. The Bertz CT molecular complexity index is 361. The minimum absolute atomic E-state index is 0.545. The Labute approximate surface area is 81.8 Å². The lowest BCUT2D eigenvalue weighted by Crippen LogP contribution is -2.27. The molecule has 0 spiro atoms. The molecule has 0 aliphatic carbocycles. The highest BCUT2D eigenvalue weighted by molar-refractivity contribution is 5.21. The van der Waals surface area contributed by atoms with Crippen molar-refractivity contribution in [2.24, 2.45) is 5.73 Å². The Morgan fingerprint density at radius 2 is 2.13 bits per heavy atom. The topological polar surface area (TPSA) is 82.3 Å². The van der Waals surface area contributed by atoms with Crippen LogP contribution < -0.4 is 5.73 Å². The summed E-state index contributed by atoms with van der Waals surface area (Å²) in [5.74, 6) is -3.28. The van der Waals surface area contributed by atoms with Gasteiger partial charge in [-0.3, -0.25) is 10.1 Å². The van der Waals surface area contributed by atoms with Crippen molar-refractivity contribution in [3.8, 4) is 0 Å². The van der Waals surface area contributed by atoms with Gasteiger partial charge < -0.3 is 10.2 Å². The van der Waals surface area contributed by atoms with Gasteiger partial charge in [-0.05, 0) is 6.07 Å². The predicted octanol–water partition coefficient (Wildman–Crippen LogP) is 1.79. The molecule has 84 valence electrons. The fourth-order valence-electron chi connectivity index (χ4n) is 1.04. The minimum Gasteiger partial charge on any atom is -0.405 e. The monoisotopic (exact) mass is 224 g/mol. The summed E-state index contributed by atoms with van der Waals surface area (Å²) in [7, 11) is 0. The van der Waals surface area contributed by atoms with Gasteiger partial charge in [0.1, 0.15) is 16.6 Å². The van der Waals surface area contributed by atoms with Crippen LogP contribution >= 0.6 is 0 Å². The van der Waals surface area contributed by atoms with E-state index in [1.807, 2.05) is 0 Å². The van der Waals surface area contributed by atoms with E-state index in [1.54, 1.807) is 0 Å². The van der Waals surface area contributed by atoms with Crippen molar-refractivity contribution in [3.63, 3.8) is 0 Å². The summed E-state index contributed by atoms with van der Waals surface area (Å²) in [6.45, 7) is -0.714. The van der Waals surface area contributed by atoms with Crippen LogP contribution in [0.5, 0.6) is 0 Å². The Kier molecular flexibility index (Phi) is 2.98. The number of rotatable bonds is 3. The van der Waals surface area contributed by atoms with Crippen molar-refractivity contribution in [1.82, 2.24) is 0 Å². The molecule has 1 rings (SSSR count). The number of hydrogen-bond donors (Lipinski definition) is 1. The lowest BCUT2D eigenvalue weighted by molar-refractivity contribution is -0.402. The molecule has 0 bridgehead atoms. The third-order valence-electron chi connectivity index (χ3n) is 1.77. The summed E-state index contributed by atoms with van der Waals surface area (Å²) < 4.78 is 41.3. The number of nitrogens with two attached hydrogens (primary N) is 1. The number of hydrogen-bond acceptors (Lipinski definition) is 4. The Hall–Kier alpha value is -1.57. The zero-order chi connectivity index (χ0) is 11.6. The molecular formula is C7H7F3N2O3. The second-order valence-corrected chi connectivity index (χ2v) is 2.76. The van der Waals surface area contributed by atoms with Gasteiger partial charge in [0.05, 0.1) is 6.07 Å². The largest absolute Gasteiger partial charge is 0.433 e. The molecule has 2 N–H and O–H groups in total. The molecule has 0 amide bonds. The molecule has 0 fully saturated rings. The maximum Gasteiger partial charge on any atom is 0.433 e. The minimum atomic E-state index is -4.57. The van der Waals surface area contributed by atoms with Crippen LogP contribution in [0.3, 0.4) is 0 Å². The highest BCUT2D eigenvalue weighted by Gasteiger charge is 2.42. The molecule has 0 aromatic carbocycles. The fraction of sp³-hybridized carbons (Fsp3) is 0.429. The average Bonchev–Trinajstić information content (AvgIpc) is 2.51. The van der Waals surface area contributed by atoms with Gasteiger partial charge in [0.15, 0.2) is 0 Å². The summed E-state index contributed by atoms with van der Waals surface area (Å²) in [5, 5.41) is 10.2. The average molecular weight is 224 g/mol. The molecule has 15 heavy (non-hydrogen) atoms. The highest BCUT2D eigenvalue weighted by atomic mass is 19.4. The molecule has 8 heteroatoms. The van der Waals surface area contributed by atoms with E-state index in [0.29, 0.717) is 0 Å². The van der Waals surface area contributed by atoms with E-state index in [0.717, 1.165) is 12.1 Å². The van der Waals surface area contributed by atoms with Gasteiger partial charge in [0.2, 0.25) is 0 Å². The first kappa shape index (κ1) is 11.5. The molecule has 1 aromatic heterocycles. The maximum atomic E-state index is 12.3. The van der Waals surface area contributed by atoms with Gasteiger partial charge >= 0.3 is 12.1 Å². The molecule has 1 unspecified atom stereocenters. The van der Waals surface area contributed by atoms with Crippen LogP contribution in [0.4, 0.5) is 19.1 Å². The van der Waals surface area contributed by atoms with Crippen molar-refractivity contribution in [2.45, 2.75) is 12.1 Å². The molecule has 1 heterocycles. The molecule has 0 saturated carbocycles. The molecule has 0 aliphatic rings. The lowest BCUT2D eigenvalue weighted by Gasteiger charge is -2.15. The van der Waals surface area contributed by atoms with Gasteiger partial charge in [0.25, 0.3) is 0 Å². The van der Waals surface area contributed by atoms with Crippen molar-refractivity contribution in [2.75, 3.05) is 6.54 Å². The van der Waals surface area contributed by atoms with E-state index in [2.05, 4.69) is 4.42 Å². The number of furan rings is 1. The lowest BCUT2D eigenvalue weighted by atomic mass is 10.1. The summed E-state index contributed by atoms with van der Waals surface area (Å²) in [6, 6.07) is 1.77.